The van der Waals surface area contributed by atoms with Gasteiger partial charge in [-0.25, -0.2) is 9.40 Å². The summed E-state index contributed by atoms with van der Waals surface area (Å²) in [6.45, 7) is 1.92. The summed E-state index contributed by atoms with van der Waals surface area (Å²) in [6, 6.07) is 18.4. The Bertz CT molecular complexity index is 993. The summed E-state index contributed by atoms with van der Waals surface area (Å²) in [5.41, 5.74) is 2.87. The van der Waals surface area contributed by atoms with E-state index in [0.717, 1.165) is 40.5 Å². The van der Waals surface area contributed by atoms with Gasteiger partial charge in [-0.1, -0.05) is 30.3 Å². The molecule has 5 heteroatoms. The van der Waals surface area contributed by atoms with Crippen molar-refractivity contribution in [3.63, 3.8) is 0 Å². The molecule has 0 spiro atoms. The van der Waals surface area contributed by atoms with Gasteiger partial charge in [-0.05, 0) is 37.3 Å². The Kier molecular flexibility index (Phi) is 3.35. The molecule has 0 unspecified atom stereocenters. The average Bonchev–Trinajstić information content (AvgIpc) is 3.28. The molecule has 0 bridgehead atoms. The maximum atomic E-state index is 13.4. The van der Waals surface area contributed by atoms with E-state index in [4.69, 9.17) is 14.3 Å². The van der Waals surface area contributed by atoms with Crippen molar-refractivity contribution in [2.45, 2.75) is 25.6 Å². The van der Waals surface area contributed by atoms with Crippen molar-refractivity contribution in [3.05, 3.63) is 89.1 Å². The number of aryl methyl sites for hydroxylation is 1. The fourth-order valence-electron chi connectivity index (χ4n) is 3.62. The number of hydrogen-bond acceptors (Lipinski definition) is 4. The number of hydrazone groups is 1. The zero-order valence-corrected chi connectivity index (χ0v) is 14.2. The second kappa shape index (κ2) is 5.73. The average molecular weight is 348 g/mol. The van der Waals surface area contributed by atoms with Gasteiger partial charge in [0.2, 0.25) is 6.23 Å². The van der Waals surface area contributed by atoms with Crippen LogP contribution < -0.4 is 4.74 Å². The van der Waals surface area contributed by atoms with Crippen molar-refractivity contribution >= 4 is 5.71 Å². The molecule has 0 amide bonds. The summed E-state index contributed by atoms with van der Waals surface area (Å²) in [7, 11) is 0. The standard InChI is InChI=1S/C21H17FN2O2/c1-13-6-11-20(25-13)17-12-18-16-4-2-3-5-19(16)26-21(24(18)23-17)14-7-9-15(22)10-8-14/h2-11,18,21H,12H2,1H3/t18-,21-/m1/s1. The van der Waals surface area contributed by atoms with E-state index in [1.807, 2.05) is 42.3 Å². The van der Waals surface area contributed by atoms with E-state index in [0.29, 0.717) is 0 Å². The summed E-state index contributed by atoms with van der Waals surface area (Å²) in [6.07, 6.45) is 0.342. The first kappa shape index (κ1) is 15.2. The summed E-state index contributed by atoms with van der Waals surface area (Å²) in [5.74, 6) is 2.22. The molecule has 2 aliphatic heterocycles. The quantitative estimate of drug-likeness (QED) is 0.656. The lowest BCUT2D eigenvalue weighted by Crippen LogP contribution is -2.33. The van der Waals surface area contributed by atoms with Gasteiger partial charge in [0.05, 0.1) is 6.04 Å². The maximum Gasteiger partial charge on any atom is 0.213 e. The van der Waals surface area contributed by atoms with Crippen LogP contribution in [0.5, 0.6) is 5.75 Å². The molecule has 0 saturated carbocycles. The third kappa shape index (κ3) is 2.39. The predicted molar refractivity (Wildman–Crippen MR) is 95.4 cm³/mol. The third-order valence-electron chi connectivity index (χ3n) is 4.88. The van der Waals surface area contributed by atoms with Crippen molar-refractivity contribution in [1.82, 2.24) is 5.01 Å². The van der Waals surface area contributed by atoms with Crippen molar-refractivity contribution in [2.24, 2.45) is 5.10 Å². The Labute approximate surface area is 150 Å². The predicted octanol–water partition coefficient (Wildman–Crippen LogP) is 4.97. The fraction of sp³-hybridized carbons (Fsp3) is 0.190. The highest BCUT2D eigenvalue weighted by molar-refractivity contribution is 5.99. The van der Waals surface area contributed by atoms with Crippen molar-refractivity contribution in [2.75, 3.05) is 0 Å². The van der Waals surface area contributed by atoms with Gasteiger partial charge in [-0.3, -0.25) is 0 Å². The van der Waals surface area contributed by atoms with Gasteiger partial charge < -0.3 is 9.15 Å². The molecule has 130 valence electrons. The molecule has 2 atom stereocenters. The summed E-state index contributed by atoms with van der Waals surface area (Å²) in [4.78, 5) is 0. The molecule has 5 rings (SSSR count). The first-order valence-corrected chi connectivity index (χ1v) is 8.63. The van der Waals surface area contributed by atoms with Crippen LogP contribution in [0.15, 0.2) is 70.2 Å². The van der Waals surface area contributed by atoms with Gasteiger partial charge in [0.15, 0.2) is 0 Å². The topological polar surface area (TPSA) is 38.0 Å². The van der Waals surface area contributed by atoms with E-state index in [-0.39, 0.29) is 11.9 Å². The molecular formula is C21H17FN2O2. The zero-order chi connectivity index (χ0) is 17.7. The van der Waals surface area contributed by atoms with Crippen LogP contribution in [0.1, 0.15) is 41.3 Å². The maximum absolute atomic E-state index is 13.4. The molecule has 3 heterocycles. The minimum absolute atomic E-state index is 0.0652. The number of para-hydroxylation sites is 1. The molecule has 4 nitrogen and oxygen atoms in total. The minimum Gasteiger partial charge on any atom is -0.464 e. The Balaban J connectivity index is 1.59. The van der Waals surface area contributed by atoms with E-state index in [2.05, 4.69) is 6.07 Å². The van der Waals surface area contributed by atoms with Gasteiger partial charge in [0, 0.05) is 17.5 Å². The van der Waals surface area contributed by atoms with Crippen LogP contribution in [0.2, 0.25) is 0 Å². The zero-order valence-electron chi connectivity index (χ0n) is 14.2. The lowest BCUT2D eigenvalue weighted by Gasteiger charge is -2.38. The number of hydrogen-bond donors (Lipinski definition) is 0. The van der Waals surface area contributed by atoms with Crippen molar-refractivity contribution < 1.29 is 13.5 Å². The van der Waals surface area contributed by atoms with Crippen LogP contribution in [-0.2, 0) is 0 Å². The highest BCUT2D eigenvalue weighted by Gasteiger charge is 2.41. The number of rotatable bonds is 2. The second-order valence-electron chi connectivity index (χ2n) is 6.62. The monoisotopic (exact) mass is 348 g/mol. The van der Waals surface area contributed by atoms with E-state index < -0.39 is 6.23 Å². The van der Waals surface area contributed by atoms with Gasteiger partial charge in [-0.2, -0.15) is 5.10 Å². The Morgan fingerprint density at radius 3 is 2.62 bits per heavy atom. The highest BCUT2D eigenvalue weighted by atomic mass is 19.1. The number of nitrogens with zero attached hydrogens (tertiary/aromatic N) is 2. The van der Waals surface area contributed by atoms with Crippen LogP contribution in [0.4, 0.5) is 4.39 Å². The molecule has 0 fully saturated rings. The Morgan fingerprint density at radius 1 is 1.04 bits per heavy atom. The number of halogens is 1. The molecule has 2 aromatic carbocycles. The molecule has 0 N–H and O–H groups in total. The smallest absolute Gasteiger partial charge is 0.213 e. The Hall–Kier alpha value is -3.08. The van der Waals surface area contributed by atoms with Crippen molar-refractivity contribution in [1.29, 1.82) is 0 Å². The second-order valence-corrected chi connectivity index (χ2v) is 6.62. The van der Waals surface area contributed by atoms with Crippen LogP contribution in [0.25, 0.3) is 0 Å². The normalized spacial score (nSPS) is 21.0. The van der Waals surface area contributed by atoms with Crippen LogP contribution in [0.3, 0.4) is 0 Å². The molecule has 26 heavy (non-hydrogen) atoms. The van der Waals surface area contributed by atoms with Crippen LogP contribution >= 0.6 is 0 Å². The summed E-state index contributed by atoms with van der Waals surface area (Å²) >= 11 is 0. The minimum atomic E-state index is -0.399. The number of benzene rings is 2. The molecule has 0 saturated heterocycles. The van der Waals surface area contributed by atoms with Gasteiger partial charge >= 0.3 is 0 Å². The first-order valence-electron chi connectivity index (χ1n) is 8.63. The molecule has 3 aromatic rings. The number of fused-ring (bicyclic) bond motifs is 3. The Morgan fingerprint density at radius 2 is 1.85 bits per heavy atom. The van der Waals surface area contributed by atoms with Crippen molar-refractivity contribution in [3.8, 4) is 5.75 Å². The van der Waals surface area contributed by atoms with Crippen LogP contribution in [0, 0.1) is 12.7 Å². The number of ether oxygens (including phenoxy) is 1. The van der Waals surface area contributed by atoms with E-state index in [1.165, 1.54) is 12.1 Å². The highest BCUT2D eigenvalue weighted by Crippen LogP contribution is 2.47. The number of furan rings is 1. The molecule has 2 aliphatic rings. The lowest BCUT2D eigenvalue weighted by atomic mass is 9.97. The molecule has 0 aliphatic carbocycles. The van der Waals surface area contributed by atoms with Gasteiger partial charge in [-0.15, -0.1) is 0 Å². The summed E-state index contributed by atoms with van der Waals surface area (Å²) < 4.78 is 25.3. The summed E-state index contributed by atoms with van der Waals surface area (Å²) in [5, 5.41) is 6.77. The van der Waals surface area contributed by atoms with Crippen LogP contribution in [-0.4, -0.2) is 10.7 Å². The van der Waals surface area contributed by atoms with E-state index in [9.17, 15) is 4.39 Å². The molecular weight excluding hydrogens is 331 g/mol. The largest absolute Gasteiger partial charge is 0.464 e. The third-order valence-corrected chi connectivity index (χ3v) is 4.88. The van der Waals surface area contributed by atoms with Gasteiger partial charge in [0.1, 0.15) is 28.8 Å². The molecule has 0 radical (unpaired) electrons. The van der Waals surface area contributed by atoms with E-state index in [1.54, 1.807) is 12.1 Å². The van der Waals surface area contributed by atoms with Gasteiger partial charge in [0.25, 0.3) is 0 Å². The van der Waals surface area contributed by atoms with E-state index >= 15 is 0 Å². The first-order chi connectivity index (χ1) is 12.7. The SMILES string of the molecule is Cc1ccc(C2=NN3[C@H](C2)c2ccccc2O[C@@H]3c2ccc(F)cc2)o1. The molecule has 1 aromatic heterocycles. The lowest BCUT2D eigenvalue weighted by molar-refractivity contribution is -0.0190. The fourth-order valence-corrected chi connectivity index (χ4v) is 3.62.